The molecule has 0 aromatic carbocycles. The van der Waals surface area contributed by atoms with Crippen molar-refractivity contribution >= 4 is 20.8 Å². The minimum atomic E-state index is -5.01. The van der Waals surface area contributed by atoms with Gasteiger partial charge >= 0.3 is 50.4 Å². The van der Waals surface area contributed by atoms with Crippen LogP contribution in [0.3, 0.4) is 0 Å². The van der Waals surface area contributed by atoms with Crippen LogP contribution in [-0.4, -0.2) is 83.6 Å². The fourth-order valence-corrected chi connectivity index (χ4v) is 3.42. The number of ether oxygens (including phenoxy) is 4. The summed E-state index contributed by atoms with van der Waals surface area (Å²) < 4.78 is 93.5. The molecule has 1 fully saturated rings. The van der Waals surface area contributed by atoms with Crippen molar-refractivity contribution in [3.8, 4) is 0 Å². The van der Waals surface area contributed by atoms with Gasteiger partial charge in [0.05, 0.1) is 19.8 Å². The summed E-state index contributed by atoms with van der Waals surface area (Å²) in [5.41, 5.74) is 0.665. The third-order valence-electron chi connectivity index (χ3n) is 3.33. The van der Waals surface area contributed by atoms with Gasteiger partial charge in [-0.05, 0) is 6.92 Å². The predicted molar refractivity (Wildman–Crippen MR) is 94.1 cm³/mol. The third-order valence-corrected chi connectivity index (χ3v) is 4.26. The first-order valence-electron chi connectivity index (χ1n) is 7.82. The molecule has 0 spiro atoms. The van der Waals surface area contributed by atoms with Gasteiger partial charge in [-0.1, -0.05) is 18.2 Å². The first-order valence-corrected chi connectivity index (χ1v) is 10.5. The maximum absolute atomic E-state index is 11.3. The Balaban J connectivity index is 0.00000784. The molecule has 0 aliphatic carbocycles. The van der Waals surface area contributed by atoms with Crippen molar-refractivity contribution in [2.75, 3.05) is 26.9 Å². The molecule has 1 aliphatic heterocycles. The van der Waals surface area contributed by atoms with Crippen molar-refractivity contribution in [1.29, 1.82) is 0 Å². The summed E-state index contributed by atoms with van der Waals surface area (Å²) in [7, 11) is -8.87. The van der Waals surface area contributed by atoms with Crippen molar-refractivity contribution in [1.82, 2.24) is 0 Å². The van der Waals surface area contributed by atoms with Crippen LogP contribution in [-0.2, 0) is 48.1 Å². The quantitative estimate of drug-likeness (QED) is 0.168. The monoisotopic (exact) mass is 471 g/mol. The van der Waals surface area contributed by atoms with Gasteiger partial charge in [0.15, 0.2) is 12.4 Å². The van der Waals surface area contributed by atoms with E-state index in [1.165, 1.54) is 6.08 Å². The van der Waals surface area contributed by atoms with Crippen molar-refractivity contribution < 1.29 is 82.8 Å². The van der Waals surface area contributed by atoms with Crippen LogP contribution in [0.4, 0.5) is 0 Å². The largest absolute Gasteiger partial charge is 1.00 e. The van der Waals surface area contributed by atoms with Gasteiger partial charge in [-0.2, -0.15) is 16.8 Å². The van der Waals surface area contributed by atoms with E-state index in [0.29, 0.717) is 5.57 Å². The van der Waals surface area contributed by atoms with E-state index in [4.69, 9.17) is 28.1 Å². The molecule has 12 nitrogen and oxygen atoms in total. The molecule has 1 saturated heterocycles. The van der Waals surface area contributed by atoms with Crippen LogP contribution in [0, 0.1) is 0 Å². The zero-order chi connectivity index (χ0) is 21.5. The fourth-order valence-electron chi connectivity index (χ4n) is 2.42. The molecule has 0 saturated carbocycles. The molecule has 0 unspecified atom stereocenters. The van der Waals surface area contributed by atoms with Crippen LogP contribution in [0.15, 0.2) is 24.8 Å². The van der Waals surface area contributed by atoms with Crippen LogP contribution in [0.5, 0.6) is 0 Å². The molecule has 2 N–H and O–H groups in total. The van der Waals surface area contributed by atoms with Gasteiger partial charge in [-0.3, -0.25) is 9.11 Å². The van der Waals surface area contributed by atoms with Gasteiger partial charge in [-0.15, -0.1) is 6.58 Å². The molecule has 164 valence electrons. The average Bonchev–Trinajstić information content (AvgIpc) is 2.53. The van der Waals surface area contributed by atoms with E-state index >= 15 is 0 Å². The van der Waals surface area contributed by atoms with Crippen molar-refractivity contribution in [3.05, 3.63) is 24.8 Å². The Bertz CT molecular complexity index is 738. The minimum absolute atomic E-state index is 0. The molecule has 0 aromatic heterocycles. The Hall–Kier alpha value is 0.0600. The molecule has 0 bridgehead atoms. The zero-order valence-electron chi connectivity index (χ0n) is 16.3. The van der Waals surface area contributed by atoms with E-state index in [0.717, 1.165) is 7.11 Å². The Labute approximate surface area is 192 Å². The van der Waals surface area contributed by atoms with Gasteiger partial charge in [0, 0.05) is 7.11 Å². The standard InChI is InChI=1S/C14H24O12S2.Na/c1-5-6-23-12-11(25-27(15,16)17)10(8-22-7-9(2)3)24-14(21-4)13(12)26-28(18,19)20;/h5,10-14H,1-2,6-8H2,3-4H3,(H,15,16,17)(H,18,19,20);/q;+1/t10-,11-,12+,13+,14+;/m1./s1. The second-order valence-electron chi connectivity index (χ2n) is 5.81. The molecule has 0 aromatic rings. The molecule has 0 amide bonds. The second kappa shape index (κ2) is 12.8. The van der Waals surface area contributed by atoms with Crippen LogP contribution in [0.1, 0.15) is 6.92 Å². The van der Waals surface area contributed by atoms with Crippen LogP contribution >= 0.6 is 0 Å². The first-order chi connectivity index (χ1) is 12.9. The topological polar surface area (TPSA) is 164 Å². The average molecular weight is 471 g/mol. The molecule has 5 atom stereocenters. The van der Waals surface area contributed by atoms with E-state index in [9.17, 15) is 16.8 Å². The van der Waals surface area contributed by atoms with Crippen LogP contribution in [0.25, 0.3) is 0 Å². The molecule has 1 heterocycles. The molecule has 1 aliphatic rings. The van der Waals surface area contributed by atoms with Gasteiger partial charge in [0.25, 0.3) is 0 Å². The van der Waals surface area contributed by atoms with E-state index in [1.807, 2.05) is 0 Å². The normalized spacial score (nSPS) is 27.8. The van der Waals surface area contributed by atoms with Gasteiger partial charge < -0.3 is 18.9 Å². The van der Waals surface area contributed by atoms with Gasteiger partial charge in [-0.25, -0.2) is 8.37 Å². The molecule has 15 heteroatoms. The minimum Gasteiger partial charge on any atom is -0.374 e. The summed E-state index contributed by atoms with van der Waals surface area (Å²) in [5.74, 6) is 0. The van der Waals surface area contributed by atoms with Crippen molar-refractivity contribution in [3.63, 3.8) is 0 Å². The number of methoxy groups -OCH3 is 1. The molecule has 1 rings (SSSR count). The van der Waals surface area contributed by atoms with E-state index in [2.05, 4.69) is 21.5 Å². The summed E-state index contributed by atoms with van der Waals surface area (Å²) >= 11 is 0. The summed E-state index contributed by atoms with van der Waals surface area (Å²) in [6, 6.07) is 0. The summed E-state index contributed by atoms with van der Waals surface area (Å²) in [6.45, 7) is 8.45. The van der Waals surface area contributed by atoms with Gasteiger partial charge in [0.1, 0.15) is 18.3 Å². The van der Waals surface area contributed by atoms with E-state index < -0.39 is 51.5 Å². The maximum atomic E-state index is 11.3. The zero-order valence-corrected chi connectivity index (χ0v) is 19.9. The number of hydrogen-bond donors (Lipinski definition) is 2. The maximum Gasteiger partial charge on any atom is 1.00 e. The smallest absolute Gasteiger partial charge is 0.374 e. The summed E-state index contributed by atoms with van der Waals surface area (Å²) in [4.78, 5) is 0. The Kier molecular flexibility index (Phi) is 12.8. The molecule has 29 heavy (non-hydrogen) atoms. The summed E-state index contributed by atoms with van der Waals surface area (Å²) in [5, 5.41) is 0. The third kappa shape index (κ3) is 10.8. The Morgan fingerprint density at radius 3 is 2.10 bits per heavy atom. The summed E-state index contributed by atoms with van der Waals surface area (Å²) in [6.07, 6.45) is -6.10. The second-order valence-corrected chi connectivity index (χ2v) is 7.91. The number of hydrogen-bond acceptors (Lipinski definition) is 10. The first kappa shape index (κ1) is 29.1. The molecular formula is C14H24NaO12S2+. The SMILES string of the molecule is C=CCO[C@@H]1[C@H](OS(=O)(=O)O)[C@@H](OC)O[C@H](COCC(=C)C)[C@H]1OS(=O)(=O)O.[Na+]. The Morgan fingerprint density at radius 2 is 1.66 bits per heavy atom. The Morgan fingerprint density at radius 1 is 1.10 bits per heavy atom. The van der Waals surface area contributed by atoms with Crippen LogP contribution in [0.2, 0.25) is 0 Å². The van der Waals surface area contributed by atoms with Crippen molar-refractivity contribution in [2.24, 2.45) is 0 Å². The predicted octanol–water partition coefficient (Wildman–Crippen LogP) is -3.10. The van der Waals surface area contributed by atoms with Gasteiger partial charge in [0.2, 0.25) is 0 Å². The van der Waals surface area contributed by atoms with E-state index in [1.54, 1.807) is 6.92 Å². The fraction of sp³-hybridized carbons (Fsp3) is 0.714. The van der Waals surface area contributed by atoms with Crippen LogP contribution < -0.4 is 29.6 Å². The van der Waals surface area contributed by atoms with Crippen molar-refractivity contribution in [2.45, 2.75) is 37.6 Å². The molecular weight excluding hydrogens is 447 g/mol. The molecule has 0 radical (unpaired) electrons. The number of rotatable bonds is 12. The van der Waals surface area contributed by atoms with E-state index in [-0.39, 0.29) is 49.4 Å².